The average molecular weight is 255 g/mol. The lowest BCUT2D eigenvalue weighted by Crippen LogP contribution is -2.49. The summed E-state index contributed by atoms with van der Waals surface area (Å²) >= 11 is 8.94. The van der Waals surface area contributed by atoms with Crippen molar-refractivity contribution in [3.8, 4) is 0 Å². The lowest BCUT2D eigenvalue weighted by molar-refractivity contribution is 0.0453. The fourth-order valence-electron chi connectivity index (χ4n) is 1.48. The molecule has 0 spiro atoms. The van der Waals surface area contributed by atoms with E-state index >= 15 is 0 Å². The van der Waals surface area contributed by atoms with Crippen LogP contribution in [-0.4, -0.2) is 21.1 Å². The van der Waals surface area contributed by atoms with Crippen LogP contribution in [0.1, 0.15) is 19.4 Å². The van der Waals surface area contributed by atoms with Crippen molar-refractivity contribution >= 4 is 29.2 Å². The van der Waals surface area contributed by atoms with Crippen molar-refractivity contribution in [1.29, 1.82) is 0 Å². The van der Waals surface area contributed by atoms with Gasteiger partial charge in [0.1, 0.15) is 4.32 Å². The molecule has 0 unspecified atom stereocenters. The number of hydrogen-bond acceptors (Lipinski definition) is 2. The zero-order valence-electron chi connectivity index (χ0n) is 9.47. The van der Waals surface area contributed by atoms with Gasteiger partial charge in [0.25, 0.3) is 0 Å². The van der Waals surface area contributed by atoms with Crippen LogP contribution >= 0.6 is 24.8 Å². The van der Waals surface area contributed by atoms with Crippen molar-refractivity contribution in [2.75, 3.05) is 0 Å². The second-order valence-electron chi connectivity index (χ2n) is 4.35. The Hall–Kier alpha value is -0.580. The summed E-state index contributed by atoms with van der Waals surface area (Å²) in [5.41, 5.74) is 0.314. The Bertz CT molecular complexity index is 346. The van der Waals surface area contributed by atoms with Crippen LogP contribution in [0, 0.1) is 0 Å². The third kappa shape index (κ3) is 4.51. The minimum absolute atomic E-state index is 0.139. The fourth-order valence-corrected chi connectivity index (χ4v) is 1.77. The number of aliphatic hydroxyl groups is 1. The lowest BCUT2D eigenvalue weighted by atomic mass is 9.93. The van der Waals surface area contributed by atoms with Gasteiger partial charge in [0, 0.05) is 0 Å². The van der Waals surface area contributed by atoms with Gasteiger partial charge in [-0.1, -0.05) is 42.5 Å². The molecule has 0 saturated heterocycles. The van der Waals surface area contributed by atoms with Gasteiger partial charge in [-0.2, -0.15) is 0 Å². The molecule has 0 amide bonds. The maximum atomic E-state index is 10.0. The van der Waals surface area contributed by atoms with Gasteiger partial charge in [0.05, 0.1) is 11.6 Å². The maximum Gasteiger partial charge on any atom is 0.131 e. The molecule has 2 N–H and O–H groups in total. The van der Waals surface area contributed by atoms with E-state index in [0.717, 1.165) is 5.56 Å². The largest absolute Gasteiger partial charge is 0.388 e. The molecule has 0 heterocycles. The quantitative estimate of drug-likeness (QED) is 0.569. The van der Waals surface area contributed by atoms with E-state index < -0.39 is 5.60 Å². The Kier molecular flexibility index (Phi) is 4.77. The van der Waals surface area contributed by atoms with Gasteiger partial charge in [-0.15, -0.1) is 12.6 Å². The highest BCUT2D eigenvalue weighted by atomic mass is 32.1. The van der Waals surface area contributed by atoms with Crippen LogP contribution in [0.25, 0.3) is 0 Å². The maximum absolute atomic E-state index is 10.0. The molecule has 1 atom stereocenters. The van der Waals surface area contributed by atoms with E-state index in [-0.39, 0.29) is 6.04 Å². The van der Waals surface area contributed by atoms with Crippen LogP contribution in [0.4, 0.5) is 0 Å². The number of hydrogen-bond donors (Lipinski definition) is 3. The summed E-state index contributed by atoms with van der Waals surface area (Å²) in [6.07, 6.45) is 0.713. The van der Waals surface area contributed by atoms with Crippen molar-refractivity contribution in [1.82, 2.24) is 5.32 Å². The molecule has 0 aliphatic carbocycles. The van der Waals surface area contributed by atoms with E-state index in [9.17, 15) is 5.11 Å². The van der Waals surface area contributed by atoms with E-state index in [1.54, 1.807) is 13.8 Å². The molecule has 0 aliphatic heterocycles. The molecule has 0 saturated carbocycles. The molecule has 88 valence electrons. The average Bonchev–Trinajstić information content (AvgIpc) is 2.16. The Labute approximate surface area is 107 Å². The molecule has 1 aromatic rings. The predicted octanol–water partition coefficient (Wildman–Crippen LogP) is 2.17. The number of rotatable bonds is 4. The smallest absolute Gasteiger partial charge is 0.131 e. The molecule has 1 aromatic carbocycles. The van der Waals surface area contributed by atoms with Gasteiger partial charge in [0.15, 0.2) is 0 Å². The van der Waals surface area contributed by atoms with Gasteiger partial charge in [-0.05, 0) is 25.8 Å². The van der Waals surface area contributed by atoms with E-state index in [1.165, 1.54) is 0 Å². The Morgan fingerprint density at radius 2 is 2.00 bits per heavy atom. The summed E-state index contributed by atoms with van der Waals surface area (Å²) in [7, 11) is 0. The normalized spacial score (nSPS) is 13.2. The summed E-state index contributed by atoms with van der Waals surface area (Å²) in [5, 5.41) is 13.0. The van der Waals surface area contributed by atoms with Crippen molar-refractivity contribution in [3.63, 3.8) is 0 Å². The summed E-state index contributed by atoms with van der Waals surface area (Å²) in [6.45, 7) is 3.53. The molecule has 4 heteroatoms. The third-order valence-corrected chi connectivity index (χ3v) is 2.68. The topological polar surface area (TPSA) is 32.3 Å². The van der Waals surface area contributed by atoms with E-state index in [4.69, 9.17) is 12.2 Å². The predicted molar refractivity (Wildman–Crippen MR) is 75.0 cm³/mol. The van der Waals surface area contributed by atoms with Crippen LogP contribution in [0.3, 0.4) is 0 Å². The second-order valence-corrected chi connectivity index (χ2v) is 5.50. The molecular formula is C12H17NOS2. The van der Waals surface area contributed by atoms with Gasteiger partial charge in [-0.25, -0.2) is 0 Å². The SMILES string of the molecule is CC(C)(O)[C@H](Cc1ccccc1)NC(=S)S. The Morgan fingerprint density at radius 1 is 1.44 bits per heavy atom. The van der Waals surface area contributed by atoms with E-state index in [0.29, 0.717) is 10.7 Å². The number of thiol groups is 1. The first-order valence-corrected chi connectivity index (χ1v) is 6.01. The molecule has 0 radical (unpaired) electrons. The van der Waals surface area contributed by atoms with Crippen molar-refractivity contribution in [3.05, 3.63) is 35.9 Å². The fraction of sp³-hybridized carbons (Fsp3) is 0.417. The van der Waals surface area contributed by atoms with E-state index in [2.05, 4.69) is 17.9 Å². The van der Waals surface area contributed by atoms with Crippen molar-refractivity contribution in [2.45, 2.75) is 31.9 Å². The first-order valence-electron chi connectivity index (χ1n) is 5.15. The van der Waals surface area contributed by atoms with Crippen LogP contribution < -0.4 is 5.32 Å². The molecule has 0 aliphatic rings. The first-order chi connectivity index (χ1) is 7.39. The summed E-state index contributed by atoms with van der Waals surface area (Å²) in [4.78, 5) is 0. The van der Waals surface area contributed by atoms with Gasteiger partial charge in [0.2, 0.25) is 0 Å². The molecule has 2 nitrogen and oxygen atoms in total. The summed E-state index contributed by atoms with van der Waals surface area (Å²) in [6, 6.07) is 9.86. The first kappa shape index (κ1) is 13.5. The zero-order valence-corrected chi connectivity index (χ0v) is 11.2. The number of thiocarbonyl (C=S) groups is 1. The van der Waals surface area contributed by atoms with Crippen molar-refractivity contribution < 1.29 is 5.11 Å². The van der Waals surface area contributed by atoms with Gasteiger partial charge >= 0.3 is 0 Å². The second kappa shape index (κ2) is 5.66. The Balaban J connectivity index is 2.75. The van der Waals surface area contributed by atoms with Crippen LogP contribution in [0.2, 0.25) is 0 Å². The minimum atomic E-state index is -0.845. The highest BCUT2D eigenvalue weighted by Gasteiger charge is 2.26. The lowest BCUT2D eigenvalue weighted by Gasteiger charge is -2.30. The van der Waals surface area contributed by atoms with Crippen LogP contribution in [0.15, 0.2) is 30.3 Å². The highest BCUT2D eigenvalue weighted by molar-refractivity contribution is 8.11. The zero-order chi connectivity index (χ0) is 12.2. The van der Waals surface area contributed by atoms with Crippen LogP contribution in [-0.2, 0) is 6.42 Å². The minimum Gasteiger partial charge on any atom is -0.388 e. The molecule has 16 heavy (non-hydrogen) atoms. The highest BCUT2D eigenvalue weighted by Crippen LogP contribution is 2.14. The van der Waals surface area contributed by atoms with Crippen LogP contribution in [0.5, 0.6) is 0 Å². The third-order valence-electron chi connectivity index (χ3n) is 2.43. The molecule has 0 bridgehead atoms. The molecule has 0 aromatic heterocycles. The Morgan fingerprint density at radius 3 is 2.44 bits per heavy atom. The summed E-state index contributed by atoms with van der Waals surface area (Å²) < 4.78 is 0.406. The van der Waals surface area contributed by atoms with Crippen molar-refractivity contribution in [2.24, 2.45) is 0 Å². The monoisotopic (exact) mass is 255 g/mol. The molecular weight excluding hydrogens is 238 g/mol. The van der Waals surface area contributed by atoms with Gasteiger partial charge < -0.3 is 10.4 Å². The standard InChI is InChI=1S/C12H17NOS2/c1-12(2,14)10(13-11(15)16)8-9-6-4-3-5-7-9/h3-7,10,14H,8H2,1-2H3,(H2,13,15,16)/t10-/m0/s1. The molecule has 0 fully saturated rings. The van der Waals surface area contributed by atoms with Gasteiger partial charge in [-0.3, -0.25) is 0 Å². The number of nitrogens with one attached hydrogen (secondary N) is 1. The molecule has 1 rings (SSSR count). The summed E-state index contributed by atoms with van der Waals surface area (Å²) in [5.74, 6) is 0. The number of benzene rings is 1. The van der Waals surface area contributed by atoms with E-state index in [1.807, 2.05) is 30.3 Å².